The predicted molar refractivity (Wildman–Crippen MR) is 62.2 cm³/mol. The number of anilines is 1. The van der Waals surface area contributed by atoms with Crippen LogP contribution in [0.25, 0.3) is 0 Å². The zero-order valence-corrected chi connectivity index (χ0v) is 9.61. The first-order chi connectivity index (χ1) is 7.31. The minimum absolute atomic E-state index is 0.519. The van der Waals surface area contributed by atoms with E-state index in [9.17, 15) is 0 Å². The largest absolute Gasteiger partial charge is 0.355 e. The molecule has 1 aromatic heterocycles. The Kier molecular flexibility index (Phi) is 3.19. The molecule has 2 rings (SSSR count). The van der Waals surface area contributed by atoms with Crippen LogP contribution in [0.3, 0.4) is 0 Å². The first-order valence-electron chi connectivity index (χ1n) is 5.88. The van der Waals surface area contributed by atoms with E-state index in [0.29, 0.717) is 5.92 Å². The van der Waals surface area contributed by atoms with Gasteiger partial charge in [-0.3, -0.25) is 4.98 Å². The molecule has 3 heteroatoms. The van der Waals surface area contributed by atoms with E-state index >= 15 is 0 Å². The zero-order valence-electron chi connectivity index (χ0n) is 9.61. The Balaban J connectivity index is 2.09. The van der Waals surface area contributed by atoms with Crippen molar-refractivity contribution in [3.05, 3.63) is 18.1 Å². The predicted octanol–water partition coefficient (Wildman–Crippen LogP) is 2.59. The molecule has 82 valence electrons. The van der Waals surface area contributed by atoms with Gasteiger partial charge >= 0.3 is 0 Å². The Hall–Kier alpha value is -1.12. The van der Waals surface area contributed by atoms with Gasteiger partial charge in [-0.25, -0.2) is 4.98 Å². The Bertz CT molecular complexity index is 301. The van der Waals surface area contributed by atoms with Crippen molar-refractivity contribution >= 4 is 5.82 Å². The number of rotatable bonds is 3. The fraction of sp³-hybridized carbons (Fsp3) is 0.667. The van der Waals surface area contributed by atoms with Crippen LogP contribution in [-0.4, -0.2) is 23.1 Å². The lowest BCUT2D eigenvalue weighted by Gasteiger charge is -2.16. The van der Waals surface area contributed by atoms with Gasteiger partial charge in [0, 0.05) is 13.1 Å². The summed E-state index contributed by atoms with van der Waals surface area (Å²) >= 11 is 0. The molecule has 0 aromatic carbocycles. The van der Waals surface area contributed by atoms with Crippen LogP contribution in [0.2, 0.25) is 0 Å². The zero-order chi connectivity index (χ0) is 10.7. The van der Waals surface area contributed by atoms with Gasteiger partial charge in [0.15, 0.2) is 0 Å². The lowest BCUT2D eigenvalue weighted by molar-refractivity contribution is 0.701. The van der Waals surface area contributed by atoms with Gasteiger partial charge in [-0.1, -0.05) is 13.8 Å². The Morgan fingerprint density at radius 2 is 2.00 bits per heavy atom. The van der Waals surface area contributed by atoms with Gasteiger partial charge in [-0.05, 0) is 25.2 Å². The number of hydrogen-bond acceptors (Lipinski definition) is 3. The van der Waals surface area contributed by atoms with E-state index < -0.39 is 0 Å². The third-order valence-electron chi connectivity index (χ3n) is 3.21. The first-order valence-corrected chi connectivity index (χ1v) is 5.88. The highest BCUT2D eigenvalue weighted by atomic mass is 15.2. The van der Waals surface area contributed by atoms with Crippen LogP contribution in [0, 0.1) is 0 Å². The van der Waals surface area contributed by atoms with E-state index in [1.807, 2.05) is 12.4 Å². The Morgan fingerprint density at radius 3 is 2.53 bits per heavy atom. The van der Waals surface area contributed by atoms with Crippen molar-refractivity contribution in [3.8, 4) is 0 Å². The fourth-order valence-electron chi connectivity index (χ4n) is 1.90. The lowest BCUT2D eigenvalue weighted by Crippen LogP contribution is -2.19. The molecule has 1 fully saturated rings. The molecule has 0 saturated carbocycles. The van der Waals surface area contributed by atoms with Gasteiger partial charge in [0.1, 0.15) is 5.82 Å². The topological polar surface area (TPSA) is 29.0 Å². The molecule has 1 aliphatic heterocycles. The summed E-state index contributed by atoms with van der Waals surface area (Å²) in [6, 6.07) is 0. The van der Waals surface area contributed by atoms with Gasteiger partial charge < -0.3 is 4.90 Å². The summed E-state index contributed by atoms with van der Waals surface area (Å²) in [6.07, 6.45) is 7.55. The van der Waals surface area contributed by atoms with Crippen molar-refractivity contribution in [1.29, 1.82) is 0 Å². The summed E-state index contributed by atoms with van der Waals surface area (Å²) in [4.78, 5) is 11.3. The first kappa shape index (κ1) is 10.4. The van der Waals surface area contributed by atoms with E-state index in [0.717, 1.165) is 31.0 Å². The molecule has 0 bridgehead atoms. The van der Waals surface area contributed by atoms with E-state index in [1.54, 1.807) is 0 Å². The fourth-order valence-corrected chi connectivity index (χ4v) is 1.90. The van der Waals surface area contributed by atoms with Crippen molar-refractivity contribution in [2.45, 2.75) is 39.0 Å². The maximum Gasteiger partial charge on any atom is 0.147 e. The standard InChI is InChI=1S/C12H19N3/c1-3-10(2)11-8-14-12(9-13-11)15-6-4-5-7-15/h8-10H,3-7H2,1-2H3. The minimum Gasteiger partial charge on any atom is -0.355 e. The molecule has 3 nitrogen and oxygen atoms in total. The van der Waals surface area contributed by atoms with Crippen LogP contribution in [0.5, 0.6) is 0 Å². The molecular weight excluding hydrogens is 186 g/mol. The molecule has 1 atom stereocenters. The number of nitrogens with zero attached hydrogens (tertiary/aromatic N) is 3. The van der Waals surface area contributed by atoms with E-state index in [2.05, 4.69) is 28.7 Å². The minimum atomic E-state index is 0.519. The van der Waals surface area contributed by atoms with E-state index in [4.69, 9.17) is 0 Å². The maximum atomic E-state index is 4.49. The van der Waals surface area contributed by atoms with Crippen molar-refractivity contribution < 1.29 is 0 Å². The third kappa shape index (κ3) is 2.28. The van der Waals surface area contributed by atoms with Crippen molar-refractivity contribution in [1.82, 2.24) is 9.97 Å². The second-order valence-corrected chi connectivity index (χ2v) is 4.30. The van der Waals surface area contributed by atoms with E-state index in [1.165, 1.54) is 12.8 Å². The quantitative estimate of drug-likeness (QED) is 0.759. The van der Waals surface area contributed by atoms with Gasteiger partial charge in [0.2, 0.25) is 0 Å². The molecule has 0 aliphatic carbocycles. The molecule has 1 aliphatic rings. The van der Waals surface area contributed by atoms with Gasteiger partial charge in [0.25, 0.3) is 0 Å². The van der Waals surface area contributed by atoms with Crippen LogP contribution < -0.4 is 4.90 Å². The molecule has 0 N–H and O–H groups in total. The highest BCUT2D eigenvalue weighted by molar-refractivity contribution is 5.36. The summed E-state index contributed by atoms with van der Waals surface area (Å²) in [5.41, 5.74) is 1.11. The van der Waals surface area contributed by atoms with Crippen molar-refractivity contribution in [3.63, 3.8) is 0 Å². The highest BCUT2D eigenvalue weighted by Gasteiger charge is 2.14. The maximum absolute atomic E-state index is 4.49. The molecule has 2 heterocycles. The number of aromatic nitrogens is 2. The average Bonchev–Trinajstić information content (AvgIpc) is 2.82. The molecule has 0 amide bonds. The molecular formula is C12H19N3. The van der Waals surface area contributed by atoms with Crippen LogP contribution >= 0.6 is 0 Å². The third-order valence-corrected chi connectivity index (χ3v) is 3.21. The smallest absolute Gasteiger partial charge is 0.147 e. The summed E-state index contributed by atoms with van der Waals surface area (Å²) < 4.78 is 0. The van der Waals surface area contributed by atoms with Crippen molar-refractivity contribution in [2.75, 3.05) is 18.0 Å². The van der Waals surface area contributed by atoms with Crippen molar-refractivity contribution in [2.24, 2.45) is 0 Å². The van der Waals surface area contributed by atoms with E-state index in [-0.39, 0.29) is 0 Å². The van der Waals surface area contributed by atoms with Gasteiger partial charge in [-0.2, -0.15) is 0 Å². The summed E-state index contributed by atoms with van der Waals surface area (Å²) in [6.45, 7) is 6.65. The number of hydrogen-bond donors (Lipinski definition) is 0. The van der Waals surface area contributed by atoms with Crippen LogP contribution in [0.15, 0.2) is 12.4 Å². The molecule has 15 heavy (non-hydrogen) atoms. The Labute approximate surface area is 91.5 Å². The molecule has 1 saturated heterocycles. The molecule has 1 aromatic rings. The van der Waals surface area contributed by atoms with Gasteiger partial charge in [0.05, 0.1) is 18.1 Å². The molecule has 0 radical (unpaired) electrons. The molecule has 1 unspecified atom stereocenters. The van der Waals surface area contributed by atoms with Crippen LogP contribution in [-0.2, 0) is 0 Å². The summed E-state index contributed by atoms with van der Waals surface area (Å²) in [5, 5.41) is 0. The summed E-state index contributed by atoms with van der Waals surface area (Å²) in [7, 11) is 0. The van der Waals surface area contributed by atoms with Gasteiger partial charge in [-0.15, -0.1) is 0 Å². The molecule has 0 spiro atoms. The lowest BCUT2D eigenvalue weighted by atomic mass is 10.1. The highest BCUT2D eigenvalue weighted by Crippen LogP contribution is 2.19. The monoisotopic (exact) mass is 205 g/mol. The average molecular weight is 205 g/mol. The summed E-state index contributed by atoms with van der Waals surface area (Å²) in [5.74, 6) is 1.56. The van der Waals surface area contributed by atoms with Crippen LogP contribution in [0.4, 0.5) is 5.82 Å². The normalized spacial score (nSPS) is 18.1. The second-order valence-electron chi connectivity index (χ2n) is 4.30. The van der Waals surface area contributed by atoms with Crippen LogP contribution in [0.1, 0.15) is 44.7 Å². The second kappa shape index (κ2) is 4.60. The SMILES string of the molecule is CCC(C)c1cnc(N2CCCC2)cn1. The Morgan fingerprint density at radius 1 is 1.27 bits per heavy atom.